The zero-order valence-corrected chi connectivity index (χ0v) is 10.6. The lowest BCUT2D eigenvalue weighted by Gasteiger charge is -2.21. The predicted octanol–water partition coefficient (Wildman–Crippen LogP) is 1.62. The van der Waals surface area contributed by atoms with Crippen LogP contribution < -0.4 is 5.73 Å². The van der Waals surface area contributed by atoms with Gasteiger partial charge in [0.05, 0.1) is 13.2 Å². The average molecular weight is 241 g/mol. The molecule has 98 valence electrons. The molecule has 2 aliphatic carbocycles. The van der Waals surface area contributed by atoms with Crippen LogP contribution in [0.3, 0.4) is 0 Å². The van der Waals surface area contributed by atoms with Gasteiger partial charge in [-0.25, -0.2) is 0 Å². The molecule has 2 saturated carbocycles. The summed E-state index contributed by atoms with van der Waals surface area (Å²) in [5, 5.41) is 0. The molecule has 0 bridgehead atoms. The van der Waals surface area contributed by atoms with Gasteiger partial charge < -0.3 is 15.2 Å². The Morgan fingerprint density at radius 1 is 1.35 bits per heavy atom. The van der Waals surface area contributed by atoms with Crippen LogP contribution in [0.4, 0.5) is 0 Å². The lowest BCUT2D eigenvalue weighted by atomic mass is 10.00. The van der Waals surface area contributed by atoms with E-state index in [9.17, 15) is 4.79 Å². The topological polar surface area (TPSA) is 61.5 Å². The first-order valence-corrected chi connectivity index (χ1v) is 6.63. The van der Waals surface area contributed by atoms with Crippen molar-refractivity contribution in [1.29, 1.82) is 0 Å². The highest BCUT2D eigenvalue weighted by molar-refractivity contribution is 5.80. The molecule has 2 rings (SSSR count). The van der Waals surface area contributed by atoms with E-state index in [0.717, 1.165) is 18.9 Å². The number of carbonyl (C=O) groups is 1. The molecule has 2 atom stereocenters. The van der Waals surface area contributed by atoms with Crippen LogP contribution in [0.25, 0.3) is 0 Å². The summed E-state index contributed by atoms with van der Waals surface area (Å²) in [5.41, 5.74) is 5.22. The molecule has 0 heterocycles. The number of esters is 1. The molecule has 0 saturated heterocycles. The molecule has 2 unspecified atom stereocenters. The molecule has 0 aliphatic heterocycles. The Bertz CT molecular complexity index is 276. The maximum atomic E-state index is 11.5. The minimum atomic E-state index is -0.810. The highest BCUT2D eigenvalue weighted by Crippen LogP contribution is 2.32. The van der Waals surface area contributed by atoms with Crippen molar-refractivity contribution in [2.24, 2.45) is 11.7 Å². The first-order valence-electron chi connectivity index (χ1n) is 6.63. The Balaban J connectivity index is 1.75. The Kier molecular flexibility index (Phi) is 4.05. The number of methoxy groups -OCH3 is 1. The van der Waals surface area contributed by atoms with Crippen molar-refractivity contribution >= 4 is 5.97 Å². The van der Waals surface area contributed by atoms with Gasteiger partial charge in [0.1, 0.15) is 5.54 Å². The summed E-state index contributed by atoms with van der Waals surface area (Å²) in [6.45, 7) is 0.835. The molecule has 2 fully saturated rings. The molecule has 4 heteroatoms. The third kappa shape index (κ3) is 2.99. The quantitative estimate of drug-likeness (QED) is 0.760. The Morgan fingerprint density at radius 2 is 2.06 bits per heavy atom. The lowest BCUT2D eigenvalue weighted by molar-refractivity contribution is -0.147. The summed E-state index contributed by atoms with van der Waals surface area (Å²) in [6, 6.07) is 0. The van der Waals surface area contributed by atoms with Crippen LogP contribution >= 0.6 is 0 Å². The molecule has 17 heavy (non-hydrogen) atoms. The summed E-state index contributed by atoms with van der Waals surface area (Å²) in [5.74, 6) is 0.422. The van der Waals surface area contributed by atoms with E-state index in [1.807, 2.05) is 0 Å². The third-order valence-corrected chi connectivity index (χ3v) is 4.14. The molecule has 0 spiro atoms. The van der Waals surface area contributed by atoms with Crippen molar-refractivity contribution in [1.82, 2.24) is 0 Å². The van der Waals surface area contributed by atoms with Crippen molar-refractivity contribution in [2.45, 2.75) is 56.6 Å². The Labute approximate surface area is 103 Å². The molecule has 0 aromatic rings. The smallest absolute Gasteiger partial charge is 0.325 e. The van der Waals surface area contributed by atoms with E-state index in [-0.39, 0.29) is 12.1 Å². The monoisotopic (exact) mass is 241 g/mol. The molecule has 2 aliphatic rings. The van der Waals surface area contributed by atoms with Crippen LogP contribution in [-0.2, 0) is 14.3 Å². The van der Waals surface area contributed by atoms with Crippen LogP contribution in [0.5, 0.6) is 0 Å². The van der Waals surface area contributed by atoms with E-state index in [1.54, 1.807) is 0 Å². The van der Waals surface area contributed by atoms with Gasteiger partial charge in [0.2, 0.25) is 0 Å². The normalized spacial score (nSPS) is 34.1. The summed E-state index contributed by atoms with van der Waals surface area (Å²) in [4.78, 5) is 11.5. The van der Waals surface area contributed by atoms with Gasteiger partial charge in [0, 0.05) is 13.0 Å². The molecular weight excluding hydrogens is 218 g/mol. The highest BCUT2D eigenvalue weighted by Gasteiger charge is 2.43. The van der Waals surface area contributed by atoms with Gasteiger partial charge in [-0.2, -0.15) is 0 Å². The number of hydrogen-bond acceptors (Lipinski definition) is 4. The molecular formula is C13H23NO3. The fourth-order valence-corrected chi connectivity index (χ4v) is 3.01. The second-order valence-corrected chi connectivity index (χ2v) is 5.50. The summed E-state index contributed by atoms with van der Waals surface area (Å²) >= 11 is 0. The molecule has 0 radical (unpaired) electrons. The minimum Gasteiger partial charge on any atom is -0.468 e. The molecule has 2 N–H and O–H groups in total. The minimum absolute atomic E-state index is 0.139. The van der Waals surface area contributed by atoms with Crippen molar-refractivity contribution in [3.63, 3.8) is 0 Å². The van der Waals surface area contributed by atoms with Gasteiger partial charge in [-0.05, 0) is 31.6 Å². The van der Waals surface area contributed by atoms with Gasteiger partial charge in [-0.3, -0.25) is 4.79 Å². The largest absolute Gasteiger partial charge is 0.468 e. The number of hydrogen-bond donors (Lipinski definition) is 1. The number of nitrogens with two attached hydrogens (primary N) is 1. The molecule has 0 aromatic heterocycles. The maximum absolute atomic E-state index is 11.5. The van der Waals surface area contributed by atoms with Crippen LogP contribution in [0.2, 0.25) is 0 Å². The van der Waals surface area contributed by atoms with Crippen LogP contribution in [0, 0.1) is 5.92 Å². The zero-order chi connectivity index (χ0) is 12.3. The molecule has 0 aromatic carbocycles. The van der Waals surface area contributed by atoms with Crippen molar-refractivity contribution in [3.8, 4) is 0 Å². The van der Waals surface area contributed by atoms with Gasteiger partial charge in [0.15, 0.2) is 0 Å². The van der Waals surface area contributed by atoms with Crippen LogP contribution in [0.1, 0.15) is 44.9 Å². The van der Waals surface area contributed by atoms with E-state index in [1.165, 1.54) is 32.8 Å². The van der Waals surface area contributed by atoms with E-state index in [2.05, 4.69) is 0 Å². The molecule has 0 amide bonds. The van der Waals surface area contributed by atoms with Crippen molar-refractivity contribution in [2.75, 3.05) is 13.7 Å². The number of carbonyl (C=O) groups excluding carboxylic acids is 1. The first kappa shape index (κ1) is 12.8. The first-order chi connectivity index (χ1) is 8.14. The third-order valence-electron chi connectivity index (χ3n) is 4.14. The van der Waals surface area contributed by atoms with Gasteiger partial charge >= 0.3 is 5.97 Å². The van der Waals surface area contributed by atoms with E-state index in [4.69, 9.17) is 15.2 Å². The van der Waals surface area contributed by atoms with E-state index >= 15 is 0 Å². The summed E-state index contributed by atoms with van der Waals surface area (Å²) in [7, 11) is 1.39. The zero-order valence-electron chi connectivity index (χ0n) is 10.6. The van der Waals surface area contributed by atoms with E-state index in [0.29, 0.717) is 12.8 Å². The Morgan fingerprint density at radius 3 is 2.71 bits per heavy atom. The van der Waals surface area contributed by atoms with Gasteiger partial charge in [-0.15, -0.1) is 0 Å². The van der Waals surface area contributed by atoms with Gasteiger partial charge in [0.25, 0.3) is 0 Å². The number of ether oxygens (including phenoxy) is 2. The van der Waals surface area contributed by atoms with Crippen molar-refractivity contribution < 1.29 is 14.3 Å². The second-order valence-electron chi connectivity index (χ2n) is 5.50. The van der Waals surface area contributed by atoms with E-state index < -0.39 is 5.54 Å². The Hall–Kier alpha value is -0.610. The lowest BCUT2D eigenvalue weighted by Crippen LogP contribution is -2.46. The highest BCUT2D eigenvalue weighted by atomic mass is 16.5. The predicted molar refractivity (Wildman–Crippen MR) is 64.5 cm³/mol. The maximum Gasteiger partial charge on any atom is 0.325 e. The summed E-state index contributed by atoms with van der Waals surface area (Å²) in [6.07, 6.45) is 7.54. The fraction of sp³-hybridized carbons (Fsp3) is 0.923. The second kappa shape index (κ2) is 5.36. The molecule has 4 nitrogen and oxygen atoms in total. The summed E-state index contributed by atoms with van der Waals surface area (Å²) < 4.78 is 10.6. The van der Waals surface area contributed by atoms with Gasteiger partial charge in [-0.1, -0.05) is 12.8 Å². The standard InChI is InChI=1S/C13H23NO3/c1-16-12(15)13(14)7-6-11(8-13)17-9-10-4-2-3-5-10/h10-11H,2-9,14H2,1H3. The number of rotatable bonds is 4. The fourth-order valence-electron chi connectivity index (χ4n) is 3.01. The van der Waals surface area contributed by atoms with Crippen molar-refractivity contribution in [3.05, 3.63) is 0 Å². The van der Waals surface area contributed by atoms with Crippen LogP contribution in [-0.4, -0.2) is 31.3 Å². The van der Waals surface area contributed by atoms with Crippen LogP contribution in [0.15, 0.2) is 0 Å². The SMILES string of the molecule is COC(=O)C1(N)CCC(OCC2CCCC2)C1. The average Bonchev–Trinajstić information content (AvgIpc) is 2.95.